The quantitative estimate of drug-likeness (QED) is 0.882. The lowest BCUT2D eigenvalue weighted by molar-refractivity contribution is 0.0560. The Morgan fingerprint density at radius 3 is 2.68 bits per heavy atom. The molecule has 0 saturated heterocycles. The number of carbonyl (C=O) groups is 1. The minimum Gasteiger partial charge on any atom is -0.503 e. The monoisotopic (exact) mass is 382 g/mol. The van der Waals surface area contributed by atoms with Crippen molar-refractivity contribution in [3.05, 3.63) is 62.0 Å². The molecule has 1 aromatic carbocycles. The summed E-state index contributed by atoms with van der Waals surface area (Å²) >= 11 is 12.0. The number of amides is 1. The molecule has 132 valence electrons. The number of halogens is 2. The molecule has 1 atom stereocenters. The molecular formula is C17H16Cl2N2O4. The topological polar surface area (TPSA) is 71.8 Å². The maximum atomic E-state index is 12.8. The van der Waals surface area contributed by atoms with Gasteiger partial charge in [-0.25, -0.2) is 0 Å². The number of pyridine rings is 1. The number of methoxy groups -OCH3 is 1. The Balaban J connectivity index is 1.98. The molecule has 1 N–H and O–H groups in total. The molecule has 2 heterocycles. The summed E-state index contributed by atoms with van der Waals surface area (Å²) in [6.45, 7) is 0.987. The van der Waals surface area contributed by atoms with Crippen molar-refractivity contribution >= 4 is 29.1 Å². The van der Waals surface area contributed by atoms with E-state index in [-0.39, 0.29) is 18.3 Å². The third-order valence-corrected chi connectivity index (χ3v) is 4.87. The van der Waals surface area contributed by atoms with E-state index < -0.39 is 17.1 Å². The lowest BCUT2D eigenvalue weighted by Gasteiger charge is -2.36. The normalized spacial score (nSPS) is 16.8. The average molecular weight is 383 g/mol. The van der Waals surface area contributed by atoms with Crippen LogP contribution in [0.25, 0.3) is 0 Å². The molecule has 0 spiro atoms. The van der Waals surface area contributed by atoms with Crippen molar-refractivity contribution < 1.29 is 14.6 Å². The summed E-state index contributed by atoms with van der Waals surface area (Å²) in [4.78, 5) is 26.1. The van der Waals surface area contributed by atoms with Gasteiger partial charge < -0.3 is 19.3 Å². The van der Waals surface area contributed by atoms with Crippen molar-refractivity contribution in [3.8, 4) is 5.75 Å². The molecule has 1 aliphatic heterocycles. The molecule has 6 nitrogen and oxygen atoms in total. The lowest BCUT2D eigenvalue weighted by Crippen LogP contribution is -2.45. The van der Waals surface area contributed by atoms with Crippen LogP contribution in [-0.4, -0.2) is 40.7 Å². The molecule has 0 aliphatic carbocycles. The molecule has 3 rings (SSSR count). The van der Waals surface area contributed by atoms with Gasteiger partial charge in [-0.2, -0.15) is 0 Å². The number of carbonyl (C=O) groups excluding carboxylic acids is 1. The molecule has 0 saturated carbocycles. The van der Waals surface area contributed by atoms with Gasteiger partial charge in [-0.1, -0.05) is 29.3 Å². The highest BCUT2D eigenvalue weighted by Gasteiger charge is 2.33. The van der Waals surface area contributed by atoms with Gasteiger partial charge in [0.15, 0.2) is 11.4 Å². The summed E-state index contributed by atoms with van der Waals surface area (Å²) in [5.74, 6) is -0.971. The van der Waals surface area contributed by atoms with Gasteiger partial charge >= 0.3 is 0 Å². The Kier molecular flexibility index (Phi) is 5.03. The molecule has 0 bridgehead atoms. The number of nitrogens with zero attached hydrogens (tertiary/aromatic N) is 2. The number of rotatable bonds is 4. The van der Waals surface area contributed by atoms with Gasteiger partial charge in [-0.3, -0.25) is 9.59 Å². The summed E-state index contributed by atoms with van der Waals surface area (Å²) in [5, 5.41) is 10.9. The standard InChI is InChI=1S/C17H16Cl2N2O4/c1-25-9-11-8-20(7-10-2-3-12(18)13(19)6-10)17(24)15-16(23)14(22)4-5-21(11)15/h2-6,11,23H,7-9H2,1H3. The van der Waals surface area contributed by atoms with Crippen LogP contribution in [0.5, 0.6) is 5.75 Å². The van der Waals surface area contributed by atoms with Gasteiger partial charge in [0.1, 0.15) is 0 Å². The Morgan fingerprint density at radius 1 is 1.24 bits per heavy atom. The van der Waals surface area contributed by atoms with Crippen LogP contribution in [0.4, 0.5) is 0 Å². The van der Waals surface area contributed by atoms with E-state index >= 15 is 0 Å². The molecule has 1 unspecified atom stereocenters. The van der Waals surface area contributed by atoms with E-state index in [0.29, 0.717) is 23.2 Å². The predicted molar refractivity (Wildman–Crippen MR) is 94.5 cm³/mol. The molecule has 1 amide bonds. The highest BCUT2D eigenvalue weighted by atomic mass is 35.5. The number of fused-ring (bicyclic) bond motifs is 1. The molecule has 2 aromatic rings. The van der Waals surface area contributed by atoms with Crippen molar-refractivity contribution in [1.29, 1.82) is 0 Å². The average Bonchev–Trinajstić information content (AvgIpc) is 2.58. The number of benzene rings is 1. The zero-order valence-electron chi connectivity index (χ0n) is 13.4. The van der Waals surface area contributed by atoms with Gasteiger partial charge in [0.2, 0.25) is 5.43 Å². The van der Waals surface area contributed by atoms with E-state index in [0.717, 1.165) is 5.56 Å². The van der Waals surface area contributed by atoms with Crippen LogP contribution in [0, 0.1) is 0 Å². The molecule has 1 aliphatic rings. The highest BCUT2D eigenvalue weighted by molar-refractivity contribution is 6.42. The van der Waals surface area contributed by atoms with E-state index in [2.05, 4.69) is 0 Å². The molecule has 0 fully saturated rings. The third-order valence-electron chi connectivity index (χ3n) is 4.13. The van der Waals surface area contributed by atoms with Crippen LogP contribution in [0.1, 0.15) is 22.1 Å². The first-order chi connectivity index (χ1) is 11.9. The van der Waals surface area contributed by atoms with Crippen LogP contribution in [0.2, 0.25) is 10.0 Å². The zero-order valence-corrected chi connectivity index (χ0v) is 14.9. The van der Waals surface area contributed by atoms with E-state index in [9.17, 15) is 14.7 Å². The van der Waals surface area contributed by atoms with Crippen LogP contribution < -0.4 is 5.43 Å². The van der Waals surface area contributed by atoms with Crippen molar-refractivity contribution in [1.82, 2.24) is 9.47 Å². The number of ether oxygens (including phenoxy) is 1. The fourth-order valence-electron chi connectivity index (χ4n) is 2.95. The second-order valence-corrected chi connectivity index (χ2v) is 6.64. The summed E-state index contributed by atoms with van der Waals surface area (Å²) < 4.78 is 6.81. The third kappa shape index (κ3) is 3.38. The van der Waals surface area contributed by atoms with Gasteiger partial charge in [-0.15, -0.1) is 0 Å². The summed E-state index contributed by atoms with van der Waals surface area (Å²) in [5.41, 5.74) is 0.179. The van der Waals surface area contributed by atoms with Crippen molar-refractivity contribution in [2.24, 2.45) is 0 Å². The van der Waals surface area contributed by atoms with E-state index in [1.54, 1.807) is 34.8 Å². The van der Waals surface area contributed by atoms with Crippen LogP contribution in [-0.2, 0) is 11.3 Å². The first-order valence-electron chi connectivity index (χ1n) is 7.58. The first kappa shape index (κ1) is 17.8. The largest absolute Gasteiger partial charge is 0.503 e. The fourth-order valence-corrected chi connectivity index (χ4v) is 3.27. The summed E-state index contributed by atoms with van der Waals surface area (Å²) in [6.07, 6.45) is 1.51. The number of hydrogen-bond acceptors (Lipinski definition) is 4. The Bertz CT molecular complexity index is 881. The SMILES string of the molecule is COCC1CN(Cc2ccc(Cl)c(Cl)c2)C(=O)c2c(O)c(=O)ccn21. The number of aromatic nitrogens is 1. The minimum absolute atomic E-state index is 0.0270. The smallest absolute Gasteiger partial charge is 0.274 e. The van der Waals surface area contributed by atoms with Crippen LogP contribution in [0.3, 0.4) is 0 Å². The van der Waals surface area contributed by atoms with Gasteiger partial charge in [0.05, 0.1) is 22.7 Å². The van der Waals surface area contributed by atoms with Gasteiger partial charge in [0.25, 0.3) is 5.91 Å². The van der Waals surface area contributed by atoms with Gasteiger partial charge in [-0.05, 0) is 17.7 Å². The highest BCUT2D eigenvalue weighted by Crippen LogP contribution is 2.28. The summed E-state index contributed by atoms with van der Waals surface area (Å²) in [6, 6.07) is 6.15. The Morgan fingerprint density at radius 2 is 2.00 bits per heavy atom. The minimum atomic E-state index is -0.591. The summed E-state index contributed by atoms with van der Waals surface area (Å²) in [7, 11) is 1.56. The maximum Gasteiger partial charge on any atom is 0.274 e. The van der Waals surface area contributed by atoms with Crippen LogP contribution >= 0.6 is 23.2 Å². The first-order valence-corrected chi connectivity index (χ1v) is 8.34. The van der Waals surface area contributed by atoms with Crippen molar-refractivity contribution in [2.45, 2.75) is 12.6 Å². The predicted octanol–water partition coefficient (Wildman–Crippen LogP) is 2.70. The second-order valence-electron chi connectivity index (χ2n) is 5.83. The van der Waals surface area contributed by atoms with E-state index in [1.165, 1.54) is 12.3 Å². The van der Waals surface area contributed by atoms with Crippen molar-refractivity contribution in [2.75, 3.05) is 20.3 Å². The van der Waals surface area contributed by atoms with E-state index in [1.807, 2.05) is 0 Å². The Hall–Kier alpha value is -2.02. The van der Waals surface area contributed by atoms with E-state index in [4.69, 9.17) is 27.9 Å². The molecular weight excluding hydrogens is 367 g/mol. The molecule has 25 heavy (non-hydrogen) atoms. The molecule has 8 heteroatoms. The fraction of sp³-hybridized carbons (Fsp3) is 0.294. The number of hydrogen-bond donors (Lipinski definition) is 1. The number of aromatic hydroxyl groups is 1. The van der Waals surface area contributed by atoms with Crippen LogP contribution in [0.15, 0.2) is 35.3 Å². The molecule has 1 aromatic heterocycles. The van der Waals surface area contributed by atoms with Gasteiger partial charge in [0, 0.05) is 32.5 Å². The maximum absolute atomic E-state index is 12.8. The van der Waals surface area contributed by atoms with Crippen molar-refractivity contribution in [3.63, 3.8) is 0 Å². The Labute approximate surface area is 154 Å². The lowest BCUT2D eigenvalue weighted by atomic mass is 10.1. The zero-order chi connectivity index (χ0) is 18.1. The molecule has 0 radical (unpaired) electrons. The second kappa shape index (κ2) is 7.07.